The lowest BCUT2D eigenvalue weighted by Crippen LogP contribution is -2.65. The van der Waals surface area contributed by atoms with Gasteiger partial charge in [-0.1, -0.05) is 0 Å². The second kappa shape index (κ2) is 4.47. The minimum absolute atomic E-state index is 0.0000926. The second-order valence-corrected chi connectivity index (χ2v) is 5.25. The third-order valence-corrected chi connectivity index (χ3v) is 4.05. The number of nitrogens with two attached hydrogens (primary N) is 2. The van der Waals surface area contributed by atoms with Crippen molar-refractivity contribution in [2.75, 3.05) is 11.9 Å². The molecule has 19 heavy (non-hydrogen) atoms. The van der Waals surface area contributed by atoms with Crippen LogP contribution in [0.25, 0.3) is 0 Å². The van der Waals surface area contributed by atoms with Crippen LogP contribution in [0.1, 0.15) is 22.5 Å². The third kappa shape index (κ3) is 1.97. The predicted molar refractivity (Wildman–Crippen MR) is 70.7 cm³/mol. The van der Waals surface area contributed by atoms with Gasteiger partial charge in [-0.2, -0.15) is 0 Å². The van der Waals surface area contributed by atoms with Gasteiger partial charge in [-0.15, -0.1) is 0 Å². The summed E-state index contributed by atoms with van der Waals surface area (Å²) in [5.41, 5.74) is 12.7. The number of carbonyl (C=O) groups is 1. The summed E-state index contributed by atoms with van der Waals surface area (Å²) in [6.45, 7) is 2.62. The maximum absolute atomic E-state index is 11.4. The summed E-state index contributed by atoms with van der Waals surface area (Å²) < 4.78 is 5.65. The first-order valence-corrected chi connectivity index (χ1v) is 6.49. The molecule has 0 bridgehead atoms. The van der Waals surface area contributed by atoms with E-state index in [9.17, 15) is 4.79 Å². The molecule has 1 aliphatic heterocycles. The molecular formula is C13H18N4O2. The number of rotatable bonds is 3. The molecule has 2 aliphatic rings. The van der Waals surface area contributed by atoms with E-state index < -0.39 is 5.91 Å². The van der Waals surface area contributed by atoms with Crippen molar-refractivity contribution in [2.24, 2.45) is 17.4 Å². The molecule has 4 atom stereocenters. The number of amides is 1. The topological polar surface area (TPSA) is 103 Å². The number of anilines is 1. The van der Waals surface area contributed by atoms with E-state index in [1.165, 1.54) is 0 Å². The van der Waals surface area contributed by atoms with Crippen LogP contribution in [0.5, 0.6) is 0 Å². The summed E-state index contributed by atoms with van der Waals surface area (Å²) in [6, 6.07) is 3.49. The molecule has 2 fully saturated rings. The Morgan fingerprint density at radius 3 is 3.05 bits per heavy atom. The molecule has 1 saturated heterocycles. The molecule has 1 saturated carbocycles. The molecule has 1 aromatic rings. The van der Waals surface area contributed by atoms with E-state index in [-0.39, 0.29) is 18.2 Å². The van der Waals surface area contributed by atoms with Crippen molar-refractivity contribution in [2.45, 2.75) is 31.5 Å². The number of ether oxygens (including phenoxy) is 1. The molecule has 0 spiro atoms. The molecule has 2 heterocycles. The van der Waals surface area contributed by atoms with E-state index in [2.05, 4.69) is 10.3 Å². The zero-order valence-corrected chi connectivity index (χ0v) is 10.8. The summed E-state index contributed by atoms with van der Waals surface area (Å²) in [4.78, 5) is 15.8. The van der Waals surface area contributed by atoms with Crippen molar-refractivity contribution in [1.82, 2.24) is 4.98 Å². The second-order valence-electron chi connectivity index (χ2n) is 5.25. The minimum atomic E-state index is -0.494. The number of carbonyl (C=O) groups excluding carboxylic acids is 1. The highest BCUT2D eigenvalue weighted by Gasteiger charge is 2.52. The average Bonchev–Trinajstić information content (AvgIpc) is 2.80. The van der Waals surface area contributed by atoms with E-state index in [4.69, 9.17) is 16.2 Å². The number of primary amides is 1. The number of hydrogen-bond acceptors (Lipinski definition) is 5. The zero-order valence-electron chi connectivity index (χ0n) is 10.8. The highest BCUT2D eigenvalue weighted by molar-refractivity contribution is 5.97. The fraction of sp³-hybridized carbons (Fsp3) is 0.538. The van der Waals surface area contributed by atoms with Gasteiger partial charge in [0, 0.05) is 24.3 Å². The van der Waals surface area contributed by atoms with Gasteiger partial charge in [-0.25, -0.2) is 4.98 Å². The van der Waals surface area contributed by atoms with Gasteiger partial charge in [-0.3, -0.25) is 4.79 Å². The van der Waals surface area contributed by atoms with E-state index >= 15 is 0 Å². The first-order chi connectivity index (χ1) is 9.08. The lowest BCUT2D eigenvalue weighted by atomic mass is 9.72. The van der Waals surface area contributed by atoms with Crippen LogP contribution in [0.3, 0.4) is 0 Å². The number of aromatic nitrogens is 1. The lowest BCUT2D eigenvalue weighted by molar-refractivity contribution is 0.00520. The molecule has 4 unspecified atom stereocenters. The fourth-order valence-corrected chi connectivity index (χ4v) is 2.95. The van der Waals surface area contributed by atoms with Crippen molar-refractivity contribution in [3.05, 3.63) is 23.4 Å². The molecule has 5 N–H and O–H groups in total. The summed E-state index contributed by atoms with van der Waals surface area (Å²) in [5, 5.41) is 3.23. The molecule has 3 rings (SSSR count). The first kappa shape index (κ1) is 12.4. The van der Waals surface area contributed by atoms with Gasteiger partial charge < -0.3 is 21.5 Å². The molecular weight excluding hydrogens is 244 g/mol. The number of nitrogens with one attached hydrogen (secondary N) is 1. The molecule has 1 aromatic heterocycles. The molecule has 1 aliphatic carbocycles. The Balaban J connectivity index is 1.83. The monoisotopic (exact) mass is 262 g/mol. The molecule has 0 aromatic carbocycles. The van der Waals surface area contributed by atoms with Gasteiger partial charge in [-0.05, 0) is 25.5 Å². The number of hydrogen-bond donors (Lipinski definition) is 3. The van der Waals surface area contributed by atoms with Crippen LogP contribution in [0.2, 0.25) is 0 Å². The Bertz CT molecular complexity index is 519. The Labute approximate surface area is 111 Å². The Morgan fingerprint density at radius 2 is 2.32 bits per heavy atom. The van der Waals surface area contributed by atoms with E-state index in [1.54, 1.807) is 12.1 Å². The number of nitrogens with zero attached hydrogens (tertiary/aromatic N) is 1. The van der Waals surface area contributed by atoms with E-state index in [0.29, 0.717) is 17.3 Å². The maximum Gasteiger partial charge on any atom is 0.252 e. The quantitative estimate of drug-likeness (QED) is 0.712. The Hall–Kier alpha value is -1.66. The fourth-order valence-electron chi connectivity index (χ4n) is 2.95. The summed E-state index contributed by atoms with van der Waals surface area (Å²) >= 11 is 0. The zero-order chi connectivity index (χ0) is 13.6. The van der Waals surface area contributed by atoms with Gasteiger partial charge in [0.2, 0.25) is 0 Å². The van der Waals surface area contributed by atoms with Gasteiger partial charge in [0.25, 0.3) is 5.91 Å². The van der Waals surface area contributed by atoms with Crippen LogP contribution >= 0.6 is 0 Å². The smallest absolute Gasteiger partial charge is 0.252 e. The first-order valence-electron chi connectivity index (χ1n) is 6.49. The van der Waals surface area contributed by atoms with Crippen LogP contribution in [-0.2, 0) is 4.74 Å². The highest BCUT2D eigenvalue weighted by atomic mass is 16.5. The number of fused-ring (bicyclic) bond motifs is 1. The van der Waals surface area contributed by atoms with Crippen molar-refractivity contribution < 1.29 is 9.53 Å². The molecule has 6 heteroatoms. The van der Waals surface area contributed by atoms with Crippen molar-refractivity contribution in [1.29, 1.82) is 0 Å². The van der Waals surface area contributed by atoms with Crippen molar-refractivity contribution in [3.8, 4) is 0 Å². The molecule has 102 valence electrons. The van der Waals surface area contributed by atoms with Crippen molar-refractivity contribution in [3.63, 3.8) is 0 Å². The van der Waals surface area contributed by atoms with Crippen LogP contribution in [0.15, 0.2) is 12.1 Å². The van der Waals surface area contributed by atoms with Crippen molar-refractivity contribution >= 4 is 11.7 Å². The maximum atomic E-state index is 11.4. The van der Waals surface area contributed by atoms with Gasteiger partial charge >= 0.3 is 0 Å². The summed E-state index contributed by atoms with van der Waals surface area (Å²) in [7, 11) is 0. The lowest BCUT2D eigenvalue weighted by Gasteiger charge is -2.46. The predicted octanol–water partition coefficient (Wildman–Crippen LogP) is 0.0154. The van der Waals surface area contributed by atoms with Crippen LogP contribution in [-0.4, -0.2) is 35.7 Å². The molecule has 6 nitrogen and oxygen atoms in total. The summed E-state index contributed by atoms with van der Waals surface area (Å²) in [5.74, 6) is 0.424. The van der Waals surface area contributed by atoms with Gasteiger partial charge in [0.1, 0.15) is 5.82 Å². The minimum Gasteiger partial charge on any atom is -0.376 e. The van der Waals surface area contributed by atoms with E-state index in [0.717, 1.165) is 18.7 Å². The standard InChI is InChI=1S/C13H18N4O2/c1-6-2-3-8(12(15)18)13(16-6)17-10-9(14)7-4-5-19-11(7)10/h2-3,7,9-11H,4-5,14H2,1H3,(H2,15,18)(H,16,17). The Kier molecular flexibility index (Phi) is 2.91. The molecule has 1 amide bonds. The third-order valence-electron chi connectivity index (χ3n) is 4.05. The molecule has 0 radical (unpaired) electrons. The summed E-state index contributed by atoms with van der Waals surface area (Å²) in [6.07, 6.45) is 1.13. The number of aryl methyl sites for hydroxylation is 1. The van der Waals surface area contributed by atoms with Crippen LogP contribution in [0.4, 0.5) is 5.82 Å². The highest BCUT2D eigenvalue weighted by Crippen LogP contribution is 2.39. The normalized spacial score (nSPS) is 32.5. The average molecular weight is 262 g/mol. The number of pyridine rings is 1. The van der Waals surface area contributed by atoms with Crippen LogP contribution < -0.4 is 16.8 Å². The largest absolute Gasteiger partial charge is 0.376 e. The van der Waals surface area contributed by atoms with E-state index in [1.807, 2.05) is 6.92 Å². The van der Waals surface area contributed by atoms with Crippen LogP contribution in [0, 0.1) is 12.8 Å². The van der Waals surface area contributed by atoms with Gasteiger partial charge in [0.05, 0.1) is 17.7 Å². The SMILES string of the molecule is Cc1ccc(C(N)=O)c(NC2C(N)C3CCOC32)n1. The van der Waals surface area contributed by atoms with Gasteiger partial charge in [0.15, 0.2) is 0 Å². The Morgan fingerprint density at radius 1 is 1.53 bits per heavy atom.